The number of hydrogen-bond donors (Lipinski definition) is 2. The van der Waals surface area contributed by atoms with Gasteiger partial charge in [0.25, 0.3) is 0 Å². The SMILES string of the molecule is COc1ccccc1CNC(=O)C(C)(C)C(=O)Nc1ccc(C(C)=O)cc1. The maximum Gasteiger partial charge on any atom is 0.239 e. The Morgan fingerprint density at radius 2 is 1.59 bits per heavy atom. The number of hydrogen-bond acceptors (Lipinski definition) is 4. The summed E-state index contributed by atoms with van der Waals surface area (Å²) in [5, 5.41) is 5.49. The van der Waals surface area contributed by atoms with Crippen molar-refractivity contribution in [1.29, 1.82) is 0 Å². The summed E-state index contributed by atoms with van der Waals surface area (Å²) in [5.41, 5.74) is 0.628. The van der Waals surface area contributed by atoms with Crippen LogP contribution in [-0.2, 0) is 16.1 Å². The van der Waals surface area contributed by atoms with Crippen molar-refractivity contribution in [3.8, 4) is 5.75 Å². The molecule has 2 amide bonds. The first-order chi connectivity index (χ1) is 12.8. The molecule has 0 atom stereocenters. The van der Waals surface area contributed by atoms with E-state index in [1.165, 1.54) is 6.92 Å². The maximum atomic E-state index is 12.6. The predicted molar refractivity (Wildman–Crippen MR) is 104 cm³/mol. The van der Waals surface area contributed by atoms with Crippen LogP contribution in [0.5, 0.6) is 5.75 Å². The number of nitrogens with one attached hydrogen (secondary N) is 2. The van der Waals surface area contributed by atoms with Crippen LogP contribution in [0.4, 0.5) is 5.69 Å². The lowest BCUT2D eigenvalue weighted by Crippen LogP contribution is -2.44. The molecule has 0 saturated carbocycles. The van der Waals surface area contributed by atoms with Crippen LogP contribution < -0.4 is 15.4 Å². The Morgan fingerprint density at radius 3 is 2.19 bits per heavy atom. The number of ether oxygens (including phenoxy) is 1. The zero-order chi connectivity index (χ0) is 20.0. The van der Waals surface area contributed by atoms with Crippen molar-refractivity contribution < 1.29 is 19.1 Å². The quantitative estimate of drug-likeness (QED) is 0.581. The molecule has 6 heteroatoms. The van der Waals surface area contributed by atoms with Gasteiger partial charge in [0.2, 0.25) is 11.8 Å². The maximum absolute atomic E-state index is 12.6. The van der Waals surface area contributed by atoms with Crippen LogP contribution in [0.15, 0.2) is 48.5 Å². The van der Waals surface area contributed by atoms with E-state index in [4.69, 9.17) is 4.74 Å². The molecular formula is C21H24N2O4. The molecule has 0 aliphatic carbocycles. The zero-order valence-corrected chi connectivity index (χ0v) is 16.0. The summed E-state index contributed by atoms with van der Waals surface area (Å²) in [5.74, 6) is -0.212. The van der Waals surface area contributed by atoms with E-state index < -0.39 is 17.2 Å². The van der Waals surface area contributed by atoms with Crippen molar-refractivity contribution in [2.24, 2.45) is 5.41 Å². The molecule has 2 aromatic carbocycles. The molecule has 142 valence electrons. The molecule has 27 heavy (non-hydrogen) atoms. The summed E-state index contributed by atoms with van der Waals surface area (Å²) in [7, 11) is 1.56. The average Bonchev–Trinajstić information content (AvgIpc) is 2.66. The second-order valence-corrected chi connectivity index (χ2v) is 6.71. The number of para-hydroxylation sites is 1. The number of benzene rings is 2. The van der Waals surface area contributed by atoms with Crippen LogP contribution in [0.1, 0.15) is 36.7 Å². The van der Waals surface area contributed by atoms with Gasteiger partial charge in [0, 0.05) is 23.4 Å². The Hall–Kier alpha value is -3.15. The van der Waals surface area contributed by atoms with Gasteiger partial charge in [-0.1, -0.05) is 18.2 Å². The summed E-state index contributed by atoms with van der Waals surface area (Å²) in [6.45, 7) is 4.85. The normalized spacial score (nSPS) is 10.8. The molecule has 0 spiro atoms. The Morgan fingerprint density at radius 1 is 0.963 bits per heavy atom. The van der Waals surface area contributed by atoms with Gasteiger partial charge in [0.15, 0.2) is 5.78 Å². The van der Waals surface area contributed by atoms with Gasteiger partial charge in [0.1, 0.15) is 11.2 Å². The second-order valence-electron chi connectivity index (χ2n) is 6.71. The molecule has 2 aromatic rings. The van der Waals surface area contributed by atoms with Gasteiger partial charge in [-0.15, -0.1) is 0 Å². The Balaban J connectivity index is 2.01. The minimum absolute atomic E-state index is 0.0519. The Kier molecular flexibility index (Phi) is 6.34. The highest BCUT2D eigenvalue weighted by molar-refractivity contribution is 6.10. The third-order valence-electron chi connectivity index (χ3n) is 4.32. The number of methoxy groups -OCH3 is 1. The largest absolute Gasteiger partial charge is 0.496 e. The fraction of sp³-hybridized carbons (Fsp3) is 0.286. The number of carbonyl (C=O) groups is 3. The summed E-state index contributed by atoms with van der Waals surface area (Å²) >= 11 is 0. The summed E-state index contributed by atoms with van der Waals surface area (Å²) < 4.78 is 5.26. The van der Waals surface area contributed by atoms with Crippen LogP contribution in [0.2, 0.25) is 0 Å². The topological polar surface area (TPSA) is 84.5 Å². The minimum Gasteiger partial charge on any atom is -0.496 e. The molecule has 2 rings (SSSR count). The van der Waals surface area contributed by atoms with E-state index in [1.54, 1.807) is 45.2 Å². The molecule has 2 N–H and O–H groups in total. The van der Waals surface area contributed by atoms with Crippen molar-refractivity contribution in [3.05, 3.63) is 59.7 Å². The average molecular weight is 368 g/mol. The molecule has 0 radical (unpaired) electrons. The van der Waals surface area contributed by atoms with E-state index in [9.17, 15) is 14.4 Å². The third kappa shape index (κ3) is 4.94. The van der Waals surface area contributed by atoms with Crippen LogP contribution in [0.25, 0.3) is 0 Å². The zero-order valence-electron chi connectivity index (χ0n) is 16.0. The van der Waals surface area contributed by atoms with Gasteiger partial charge < -0.3 is 15.4 Å². The number of carbonyl (C=O) groups excluding carboxylic acids is 3. The fourth-order valence-corrected chi connectivity index (χ4v) is 2.42. The van der Waals surface area contributed by atoms with Gasteiger partial charge in [-0.05, 0) is 51.1 Å². The van der Waals surface area contributed by atoms with E-state index >= 15 is 0 Å². The standard InChI is InChI=1S/C21H24N2O4/c1-14(24)15-9-11-17(12-10-15)23-20(26)21(2,3)19(25)22-13-16-7-5-6-8-18(16)27-4/h5-12H,13H2,1-4H3,(H,22,25)(H,23,26). The highest BCUT2D eigenvalue weighted by Gasteiger charge is 2.36. The summed E-state index contributed by atoms with van der Waals surface area (Å²) in [6.07, 6.45) is 0. The number of amides is 2. The van der Waals surface area contributed by atoms with Gasteiger partial charge in [0.05, 0.1) is 7.11 Å². The minimum atomic E-state index is -1.28. The predicted octanol–water partition coefficient (Wildman–Crippen LogP) is 3.18. The van der Waals surface area contributed by atoms with Gasteiger partial charge in [-0.3, -0.25) is 14.4 Å². The van der Waals surface area contributed by atoms with Crippen LogP contribution >= 0.6 is 0 Å². The first kappa shape index (κ1) is 20.2. The highest BCUT2D eigenvalue weighted by Crippen LogP contribution is 2.21. The van der Waals surface area contributed by atoms with E-state index in [2.05, 4.69) is 10.6 Å². The van der Waals surface area contributed by atoms with E-state index in [0.717, 1.165) is 5.56 Å². The van der Waals surface area contributed by atoms with Crippen LogP contribution in [-0.4, -0.2) is 24.7 Å². The highest BCUT2D eigenvalue weighted by atomic mass is 16.5. The van der Waals surface area contributed by atoms with E-state index in [0.29, 0.717) is 17.0 Å². The molecule has 0 fully saturated rings. The Labute approximate surface area is 158 Å². The summed E-state index contributed by atoms with van der Waals surface area (Å²) in [6, 6.07) is 13.9. The van der Waals surface area contributed by atoms with E-state index in [-0.39, 0.29) is 12.3 Å². The van der Waals surface area contributed by atoms with Crippen molar-refractivity contribution in [1.82, 2.24) is 5.32 Å². The Bertz CT molecular complexity index is 842. The lowest BCUT2D eigenvalue weighted by Gasteiger charge is -2.23. The fourth-order valence-electron chi connectivity index (χ4n) is 2.42. The number of ketones is 1. The van der Waals surface area contributed by atoms with Crippen molar-refractivity contribution in [2.75, 3.05) is 12.4 Å². The number of rotatable bonds is 7. The molecule has 0 heterocycles. The van der Waals surface area contributed by atoms with Gasteiger partial charge >= 0.3 is 0 Å². The first-order valence-electron chi connectivity index (χ1n) is 8.58. The second kappa shape index (κ2) is 8.49. The molecule has 0 bridgehead atoms. The number of Topliss-reactive ketones (excluding diaryl/α,β-unsaturated/α-hetero) is 1. The van der Waals surface area contributed by atoms with E-state index in [1.807, 2.05) is 24.3 Å². The van der Waals surface area contributed by atoms with Crippen LogP contribution in [0.3, 0.4) is 0 Å². The molecular weight excluding hydrogens is 344 g/mol. The van der Waals surface area contributed by atoms with Gasteiger partial charge in [-0.2, -0.15) is 0 Å². The van der Waals surface area contributed by atoms with Crippen molar-refractivity contribution in [2.45, 2.75) is 27.3 Å². The molecule has 0 aromatic heterocycles. The van der Waals surface area contributed by atoms with Crippen LogP contribution in [0, 0.1) is 5.41 Å². The molecule has 0 saturated heterocycles. The van der Waals surface area contributed by atoms with Crippen molar-refractivity contribution >= 4 is 23.3 Å². The lowest BCUT2D eigenvalue weighted by molar-refractivity contribution is -0.138. The monoisotopic (exact) mass is 368 g/mol. The smallest absolute Gasteiger partial charge is 0.239 e. The molecule has 0 aliphatic heterocycles. The molecule has 6 nitrogen and oxygen atoms in total. The molecule has 0 unspecified atom stereocenters. The third-order valence-corrected chi connectivity index (χ3v) is 4.32. The van der Waals surface area contributed by atoms with Crippen molar-refractivity contribution in [3.63, 3.8) is 0 Å². The number of anilines is 1. The summed E-state index contributed by atoms with van der Waals surface area (Å²) in [4.78, 5) is 36.4. The van der Waals surface area contributed by atoms with Gasteiger partial charge in [-0.25, -0.2) is 0 Å². The molecule has 0 aliphatic rings. The first-order valence-corrected chi connectivity index (χ1v) is 8.58. The lowest BCUT2D eigenvalue weighted by atomic mass is 9.90.